The first-order valence-electron chi connectivity index (χ1n) is 6.31. The van der Waals surface area contributed by atoms with Gasteiger partial charge in [-0.05, 0) is 31.6 Å². The van der Waals surface area contributed by atoms with Gasteiger partial charge in [-0.2, -0.15) is 0 Å². The zero-order chi connectivity index (χ0) is 10.7. The molecule has 0 bridgehead atoms. The Morgan fingerprint density at radius 1 is 1.20 bits per heavy atom. The third-order valence-corrected chi connectivity index (χ3v) is 3.91. The van der Waals surface area contributed by atoms with Crippen LogP contribution >= 0.6 is 0 Å². The van der Waals surface area contributed by atoms with Crippen molar-refractivity contribution in [3.8, 4) is 0 Å². The molecule has 15 heavy (non-hydrogen) atoms. The van der Waals surface area contributed by atoms with E-state index in [-0.39, 0.29) is 0 Å². The molecule has 3 nitrogen and oxygen atoms in total. The normalized spacial score (nSPS) is 27.5. The first-order valence-corrected chi connectivity index (χ1v) is 6.31. The first kappa shape index (κ1) is 10.9. The van der Waals surface area contributed by atoms with E-state index in [1.807, 2.05) is 4.90 Å². The van der Waals surface area contributed by atoms with Crippen LogP contribution < -0.4 is 5.73 Å². The summed E-state index contributed by atoms with van der Waals surface area (Å²) in [6, 6.07) is 0.332. The van der Waals surface area contributed by atoms with Crippen LogP contribution in [-0.2, 0) is 4.79 Å². The maximum Gasteiger partial charge on any atom is 0.223 e. The fourth-order valence-electron chi connectivity index (χ4n) is 2.99. The molecule has 2 aliphatic rings. The van der Waals surface area contributed by atoms with E-state index in [9.17, 15) is 4.79 Å². The van der Waals surface area contributed by atoms with Crippen LogP contribution in [0, 0.1) is 5.92 Å². The van der Waals surface area contributed by atoms with E-state index < -0.39 is 0 Å². The number of nitrogens with zero attached hydrogens (tertiary/aromatic N) is 1. The van der Waals surface area contributed by atoms with Crippen LogP contribution in [0.1, 0.15) is 44.9 Å². The van der Waals surface area contributed by atoms with Crippen molar-refractivity contribution in [1.29, 1.82) is 0 Å². The Labute approximate surface area is 92.0 Å². The number of likely N-dealkylation sites (tertiary alicyclic amines) is 1. The van der Waals surface area contributed by atoms with Gasteiger partial charge in [-0.3, -0.25) is 4.79 Å². The summed E-state index contributed by atoms with van der Waals surface area (Å²) < 4.78 is 0. The number of rotatable bonds is 3. The van der Waals surface area contributed by atoms with Gasteiger partial charge in [0.25, 0.3) is 0 Å². The molecule has 1 heterocycles. The second-order valence-corrected chi connectivity index (χ2v) is 4.97. The predicted molar refractivity (Wildman–Crippen MR) is 60.4 cm³/mol. The summed E-state index contributed by atoms with van der Waals surface area (Å²) in [5, 5.41) is 0. The zero-order valence-corrected chi connectivity index (χ0v) is 9.45. The number of carbonyl (C=O) groups is 1. The van der Waals surface area contributed by atoms with E-state index in [1.54, 1.807) is 0 Å². The second-order valence-electron chi connectivity index (χ2n) is 4.97. The second kappa shape index (κ2) is 4.97. The molecule has 3 heteroatoms. The third-order valence-electron chi connectivity index (χ3n) is 3.91. The summed E-state index contributed by atoms with van der Waals surface area (Å²) in [5.74, 6) is 1.02. The Bertz CT molecular complexity index is 224. The Morgan fingerprint density at radius 2 is 1.93 bits per heavy atom. The minimum absolute atomic E-state index is 0.332. The largest absolute Gasteiger partial charge is 0.338 e. The topological polar surface area (TPSA) is 46.3 Å². The van der Waals surface area contributed by atoms with Crippen LogP contribution in [0.2, 0.25) is 0 Å². The monoisotopic (exact) mass is 210 g/mol. The highest BCUT2D eigenvalue weighted by atomic mass is 16.2. The average Bonchev–Trinajstić information content (AvgIpc) is 2.86. The molecule has 2 rings (SSSR count). The van der Waals surface area contributed by atoms with E-state index in [1.165, 1.54) is 25.7 Å². The molecule has 1 saturated heterocycles. The van der Waals surface area contributed by atoms with Crippen LogP contribution in [0.15, 0.2) is 0 Å². The minimum atomic E-state index is 0.332. The summed E-state index contributed by atoms with van der Waals surface area (Å²) >= 11 is 0. The molecule has 0 aromatic rings. The van der Waals surface area contributed by atoms with Crippen molar-refractivity contribution in [3.05, 3.63) is 0 Å². The van der Waals surface area contributed by atoms with Crippen LogP contribution in [0.5, 0.6) is 0 Å². The van der Waals surface area contributed by atoms with Gasteiger partial charge in [-0.15, -0.1) is 0 Å². The molecular weight excluding hydrogens is 188 g/mol. The lowest BCUT2D eigenvalue weighted by atomic mass is 10.0. The van der Waals surface area contributed by atoms with Gasteiger partial charge >= 0.3 is 0 Å². The van der Waals surface area contributed by atoms with Crippen molar-refractivity contribution in [2.75, 3.05) is 13.1 Å². The molecule has 0 aromatic heterocycles. The Morgan fingerprint density at radius 3 is 2.60 bits per heavy atom. The standard InChI is InChI=1S/C12H22N2O/c13-9-11-6-3-7-14(11)12(15)8-10-4-1-2-5-10/h10-11H,1-9,13H2. The minimum Gasteiger partial charge on any atom is -0.338 e. The molecule has 1 unspecified atom stereocenters. The van der Waals surface area contributed by atoms with Gasteiger partial charge in [0, 0.05) is 25.6 Å². The number of carbonyl (C=O) groups excluding carboxylic acids is 1. The van der Waals surface area contributed by atoms with Crippen molar-refractivity contribution >= 4 is 5.91 Å². The lowest BCUT2D eigenvalue weighted by Gasteiger charge is -2.24. The van der Waals surface area contributed by atoms with E-state index in [2.05, 4.69) is 0 Å². The fraction of sp³-hybridized carbons (Fsp3) is 0.917. The Hall–Kier alpha value is -0.570. The average molecular weight is 210 g/mol. The molecule has 1 atom stereocenters. The van der Waals surface area contributed by atoms with Crippen molar-refractivity contribution in [1.82, 2.24) is 4.90 Å². The van der Waals surface area contributed by atoms with Crippen LogP contribution in [0.4, 0.5) is 0 Å². The van der Waals surface area contributed by atoms with E-state index >= 15 is 0 Å². The number of hydrogen-bond acceptors (Lipinski definition) is 2. The molecule has 0 spiro atoms. The Balaban J connectivity index is 1.83. The highest BCUT2D eigenvalue weighted by Crippen LogP contribution is 2.29. The van der Waals surface area contributed by atoms with Gasteiger partial charge in [-0.1, -0.05) is 12.8 Å². The lowest BCUT2D eigenvalue weighted by Crippen LogP contribution is -2.40. The summed E-state index contributed by atoms with van der Waals surface area (Å²) in [5.41, 5.74) is 5.68. The molecule has 0 radical (unpaired) electrons. The van der Waals surface area contributed by atoms with Gasteiger partial charge in [0.05, 0.1) is 0 Å². The van der Waals surface area contributed by atoms with E-state index in [0.717, 1.165) is 25.8 Å². The summed E-state index contributed by atoms with van der Waals surface area (Å²) in [4.78, 5) is 14.1. The SMILES string of the molecule is NCC1CCCN1C(=O)CC1CCCC1. The lowest BCUT2D eigenvalue weighted by molar-refractivity contribution is -0.132. The van der Waals surface area contributed by atoms with Gasteiger partial charge < -0.3 is 10.6 Å². The van der Waals surface area contributed by atoms with Gasteiger partial charge in [0.2, 0.25) is 5.91 Å². The number of nitrogens with two attached hydrogens (primary N) is 1. The van der Waals surface area contributed by atoms with Crippen LogP contribution in [-0.4, -0.2) is 29.9 Å². The fourth-order valence-corrected chi connectivity index (χ4v) is 2.99. The molecule has 1 amide bonds. The third kappa shape index (κ3) is 2.51. The first-order chi connectivity index (χ1) is 7.31. The van der Waals surface area contributed by atoms with Crippen molar-refractivity contribution in [2.45, 2.75) is 51.0 Å². The number of amides is 1. The molecular formula is C12H22N2O. The zero-order valence-electron chi connectivity index (χ0n) is 9.45. The van der Waals surface area contributed by atoms with Crippen LogP contribution in [0.25, 0.3) is 0 Å². The number of hydrogen-bond donors (Lipinski definition) is 1. The smallest absolute Gasteiger partial charge is 0.223 e. The van der Waals surface area contributed by atoms with Gasteiger partial charge in [0.1, 0.15) is 0 Å². The van der Waals surface area contributed by atoms with Gasteiger partial charge in [-0.25, -0.2) is 0 Å². The quantitative estimate of drug-likeness (QED) is 0.767. The van der Waals surface area contributed by atoms with Crippen LogP contribution in [0.3, 0.4) is 0 Å². The van der Waals surface area contributed by atoms with Gasteiger partial charge in [0.15, 0.2) is 0 Å². The van der Waals surface area contributed by atoms with Crippen molar-refractivity contribution < 1.29 is 4.79 Å². The molecule has 1 saturated carbocycles. The summed E-state index contributed by atoms with van der Waals surface area (Å²) in [7, 11) is 0. The molecule has 2 N–H and O–H groups in total. The molecule has 1 aliphatic heterocycles. The van der Waals surface area contributed by atoms with Crippen molar-refractivity contribution in [2.24, 2.45) is 11.7 Å². The van der Waals surface area contributed by atoms with E-state index in [0.29, 0.717) is 24.4 Å². The van der Waals surface area contributed by atoms with E-state index in [4.69, 9.17) is 5.73 Å². The maximum absolute atomic E-state index is 12.0. The summed E-state index contributed by atoms with van der Waals surface area (Å²) in [6.07, 6.45) is 8.16. The molecule has 0 aromatic carbocycles. The highest BCUT2D eigenvalue weighted by Gasteiger charge is 2.29. The van der Waals surface area contributed by atoms with Crippen molar-refractivity contribution in [3.63, 3.8) is 0 Å². The summed E-state index contributed by atoms with van der Waals surface area (Å²) in [6.45, 7) is 1.57. The molecule has 1 aliphatic carbocycles. The Kier molecular flexibility index (Phi) is 3.62. The molecule has 86 valence electrons. The maximum atomic E-state index is 12.0. The molecule has 2 fully saturated rings. The highest BCUT2D eigenvalue weighted by molar-refractivity contribution is 5.77. The predicted octanol–water partition coefficient (Wildman–Crippen LogP) is 1.52.